The minimum absolute atomic E-state index is 0.0737. The number of benzene rings is 1. The zero-order chi connectivity index (χ0) is 19.7. The number of fused-ring (bicyclic) bond motifs is 1. The molecule has 28 heavy (non-hydrogen) atoms. The van der Waals surface area contributed by atoms with Gasteiger partial charge in [-0.15, -0.1) is 0 Å². The van der Waals surface area contributed by atoms with E-state index in [0.717, 1.165) is 13.0 Å². The molecule has 7 heteroatoms. The molecule has 0 radical (unpaired) electrons. The molecule has 0 bridgehead atoms. The summed E-state index contributed by atoms with van der Waals surface area (Å²) in [6.07, 6.45) is 2.71. The highest BCUT2D eigenvalue weighted by molar-refractivity contribution is 5.88. The maximum absolute atomic E-state index is 12.6. The zero-order valence-electron chi connectivity index (χ0n) is 16.0. The number of carboxylic acids is 1. The van der Waals surface area contributed by atoms with Crippen LogP contribution in [0.3, 0.4) is 0 Å². The van der Waals surface area contributed by atoms with Crippen molar-refractivity contribution < 1.29 is 19.5 Å². The highest BCUT2D eigenvalue weighted by Gasteiger charge is 2.51. The molecule has 2 N–H and O–H groups in total. The van der Waals surface area contributed by atoms with Gasteiger partial charge in [0.2, 0.25) is 11.8 Å². The molecule has 1 aromatic rings. The van der Waals surface area contributed by atoms with Crippen LogP contribution in [0.2, 0.25) is 0 Å². The quantitative estimate of drug-likeness (QED) is 0.808. The van der Waals surface area contributed by atoms with Crippen molar-refractivity contribution in [3.8, 4) is 0 Å². The van der Waals surface area contributed by atoms with Gasteiger partial charge in [0, 0.05) is 45.6 Å². The number of nitrogens with zero attached hydrogens (tertiary/aromatic N) is 2. The van der Waals surface area contributed by atoms with Gasteiger partial charge in [-0.2, -0.15) is 0 Å². The molecule has 2 fully saturated rings. The van der Waals surface area contributed by atoms with E-state index in [1.54, 1.807) is 0 Å². The maximum atomic E-state index is 12.6. The largest absolute Gasteiger partial charge is 0.481 e. The molecular formula is C21H27N3O4. The number of hydrogen-bond donors (Lipinski definition) is 2. The van der Waals surface area contributed by atoms with Gasteiger partial charge in [-0.05, 0) is 30.4 Å². The Balaban J connectivity index is 1.27. The lowest BCUT2D eigenvalue weighted by molar-refractivity contribution is -0.144. The average Bonchev–Trinajstić information content (AvgIpc) is 3.03. The summed E-state index contributed by atoms with van der Waals surface area (Å²) in [6.45, 7) is 3.55. The van der Waals surface area contributed by atoms with Crippen LogP contribution in [0, 0.1) is 5.92 Å². The summed E-state index contributed by atoms with van der Waals surface area (Å²) in [6, 6.07) is 8.28. The molecule has 0 saturated carbocycles. The standard InChI is InChI=1S/C21H27N3O4/c25-18-13-17(20(27)28)21(22-18)7-11-23(12-8-21)9-6-19(26)24-10-5-15-3-1-2-4-16(15)14-24/h1-4,17H,5-14H2,(H,22,25)(H,27,28)/t17-/m0/s1. The molecular weight excluding hydrogens is 358 g/mol. The van der Waals surface area contributed by atoms with Gasteiger partial charge in [0.05, 0.1) is 11.5 Å². The Morgan fingerprint density at radius 2 is 1.86 bits per heavy atom. The van der Waals surface area contributed by atoms with Crippen LogP contribution in [-0.4, -0.2) is 64.4 Å². The fourth-order valence-electron chi connectivity index (χ4n) is 4.89. The van der Waals surface area contributed by atoms with Gasteiger partial charge >= 0.3 is 5.97 Å². The highest BCUT2D eigenvalue weighted by atomic mass is 16.4. The van der Waals surface area contributed by atoms with E-state index in [-0.39, 0.29) is 18.2 Å². The lowest BCUT2D eigenvalue weighted by atomic mass is 9.77. The first kappa shape index (κ1) is 18.9. The minimum atomic E-state index is -0.896. The smallest absolute Gasteiger partial charge is 0.309 e. The van der Waals surface area contributed by atoms with E-state index in [2.05, 4.69) is 22.3 Å². The molecule has 1 atom stereocenters. The Morgan fingerprint density at radius 3 is 2.57 bits per heavy atom. The molecule has 3 aliphatic heterocycles. The molecule has 1 aromatic carbocycles. The first-order valence-corrected chi connectivity index (χ1v) is 10.1. The highest BCUT2D eigenvalue weighted by Crippen LogP contribution is 2.36. The van der Waals surface area contributed by atoms with Crippen molar-refractivity contribution in [2.45, 2.75) is 44.2 Å². The second kappa shape index (κ2) is 7.54. The third-order valence-electron chi connectivity index (χ3n) is 6.62. The molecule has 1 spiro atoms. The molecule has 150 valence electrons. The lowest BCUT2D eigenvalue weighted by Crippen LogP contribution is -2.55. The first-order chi connectivity index (χ1) is 13.5. The SMILES string of the molecule is O=C1C[C@@H](C(=O)O)C2(CCN(CCC(=O)N3CCc4ccccc4C3)CC2)N1. The van der Waals surface area contributed by atoms with Crippen molar-refractivity contribution >= 4 is 17.8 Å². The minimum Gasteiger partial charge on any atom is -0.481 e. The Morgan fingerprint density at radius 1 is 1.14 bits per heavy atom. The number of carbonyl (C=O) groups excluding carboxylic acids is 2. The number of carboxylic acid groups (broad SMARTS) is 1. The molecule has 7 nitrogen and oxygen atoms in total. The lowest BCUT2D eigenvalue weighted by Gasteiger charge is -2.41. The Bertz CT molecular complexity index is 786. The van der Waals surface area contributed by atoms with Crippen LogP contribution in [0.25, 0.3) is 0 Å². The molecule has 0 unspecified atom stereocenters. The Labute approximate surface area is 164 Å². The molecule has 4 rings (SSSR count). The normalized spacial score (nSPS) is 24.1. The Kier molecular flexibility index (Phi) is 5.10. The number of hydrogen-bond acceptors (Lipinski definition) is 4. The zero-order valence-corrected chi connectivity index (χ0v) is 16.0. The molecule has 3 heterocycles. The maximum Gasteiger partial charge on any atom is 0.309 e. The van der Waals surface area contributed by atoms with Gasteiger partial charge in [-0.3, -0.25) is 14.4 Å². The predicted molar refractivity (Wildman–Crippen MR) is 102 cm³/mol. The van der Waals surface area contributed by atoms with E-state index in [1.165, 1.54) is 11.1 Å². The Hall–Kier alpha value is -2.41. The van der Waals surface area contributed by atoms with Crippen molar-refractivity contribution in [3.63, 3.8) is 0 Å². The van der Waals surface area contributed by atoms with Crippen molar-refractivity contribution in [2.24, 2.45) is 5.92 Å². The predicted octanol–water partition coefficient (Wildman–Crippen LogP) is 1.02. The van der Waals surface area contributed by atoms with Gasteiger partial charge in [-0.1, -0.05) is 24.3 Å². The summed E-state index contributed by atoms with van der Waals surface area (Å²) in [5.74, 6) is -1.53. The van der Waals surface area contributed by atoms with E-state index in [1.807, 2.05) is 17.0 Å². The monoisotopic (exact) mass is 385 g/mol. The summed E-state index contributed by atoms with van der Waals surface area (Å²) < 4.78 is 0. The third-order valence-corrected chi connectivity index (χ3v) is 6.62. The van der Waals surface area contributed by atoms with Gasteiger partial charge in [0.25, 0.3) is 0 Å². The number of likely N-dealkylation sites (tertiary alicyclic amines) is 1. The number of amides is 2. The van der Waals surface area contributed by atoms with Crippen molar-refractivity contribution in [1.82, 2.24) is 15.1 Å². The van der Waals surface area contributed by atoms with Gasteiger partial charge < -0.3 is 20.2 Å². The molecule has 0 aliphatic carbocycles. The van der Waals surface area contributed by atoms with Crippen molar-refractivity contribution in [2.75, 3.05) is 26.2 Å². The number of carbonyl (C=O) groups is 3. The number of rotatable bonds is 4. The van der Waals surface area contributed by atoms with Crippen LogP contribution in [0.1, 0.15) is 36.8 Å². The summed E-state index contributed by atoms with van der Waals surface area (Å²) >= 11 is 0. The van der Waals surface area contributed by atoms with Crippen LogP contribution in [0.5, 0.6) is 0 Å². The molecule has 0 aromatic heterocycles. The first-order valence-electron chi connectivity index (χ1n) is 10.1. The summed E-state index contributed by atoms with van der Waals surface area (Å²) in [5.41, 5.74) is 1.96. The third kappa shape index (κ3) is 3.63. The summed E-state index contributed by atoms with van der Waals surface area (Å²) in [5, 5.41) is 12.4. The second-order valence-corrected chi connectivity index (χ2v) is 8.22. The molecule has 2 saturated heterocycles. The van der Waals surface area contributed by atoms with E-state index < -0.39 is 17.4 Å². The number of aliphatic carboxylic acids is 1. The topological polar surface area (TPSA) is 90.0 Å². The fraction of sp³-hybridized carbons (Fsp3) is 0.571. The van der Waals surface area contributed by atoms with Gasteiger partial charge in [0.15, 0.2) is 0 Å². The van der Waals surface area contributed by atoms with Crippen LogP contribution < -0.4 is 5.32 Å². The fourth-order valence-corrected chi connectivity index (χ4v) is 4.89. The summed E-state index contributed by atoms with van der Waals surface area (Å²) in [7, 11) is 0. The van der Waals surface area contributed by atoms with Gasteiger partial charge in [0.1, 0.15) is 0 Å². The van der Waals surface area contributed by atoms with Crippen molar-refractivity contribution in [3.05, 3.63) is 35.4 Å². The van der Waals surface area contributed by atoms with Crippen LogP contribution in [0.4, 0.5) is 0 Å². The van der Waals surface area contributed by atoms with Crippen LogP contribution in [-0.2, 0) is 27.3 Å². The number of nitrogens with one attached hydrogen (secondary N) is 1. The second-order valence-electron chi connectivity index (χ2n) is 8.22. The van der Waals surface area contributed by atoms with E-state index in [9.17, 15) is 19.5 Å². The molecule has 2 amide bonds. The van der Waals surface area contributed by atoms with Crippen molar-refractivity contribution in [1.29, 1.82) is 0 Å². The number of piperidine rings is 1. The van der Waals surface area contributed by atoms with Gasteiger partial charge in [-0.25, -0.2) is 0 Å². The average molecular weight is 385 g/mol. The van der Waals surface area contributed by atoms with Crippen LogP contribution >= 0.6 is 0 Å². The summed E-state index contributed by atoms with van der Waals surface area (Å²) in [4.78, 5) is 40.1. The molecule has 3 aliphatic rings. The van der Waals surface area contributed by atoms with Crippen LogP contribution in [0.15, 0.2) is 24.3 Å². The van der Waals surface area contributed by atoms with E-state index in [0.29, 0.717) is 45.4 Å². The van der Waals surface area contributed by atoms with E-state index in [4.69, 9.17) is 0 Å². The van der Waals surface area contributed by atoms with E-state index >= 15 is 0 Å².